The van der Waals surface area contributed by atoms with Crippen LogP contribution in [0.25, 0.3) is 0 Å². The predicted molar refractivity (Wildman–Crippen MR) is 65.8 cm³/mol. The Balaban J connectivity index is 2.58. The van der Waals surface area contributed by atoms with Crippen molar-refractivity contribution in [3.05, 3.63) is 35.9 Å². The Bertz CT molecular complexity index is 338. The molecule has 1 rings (SSSR count). The number of amides is 1. The first-order valence-corrected chi connectivity index (χ1v) is 5.78. The van der Waals surface area contributed by atoms with Gasteiger partial charge in [0.15, 0.2) is 0 Å². The van der Waals surface area contributed by atoms with E-state index in [2.05, 4.69) is 5.32 Å². The highest BCUT2D eigenvalue weighted by molar-refractivity contribution is 5.67. The first-order chi connectivity index (χ1) is 8.13. The van der Waals surface area contributed by atoms with Crippen LogP contribution in [0.1, 0.15) is 19.4 Å². The van der Waals surface area contributed by atoms with E-state index in [0.29, 0.717) is 13.0 Å². The van der Waals surface area contributed by atoms with E-state index in [9.17, 15) is 9.90 Å². The summed E-state index contributed by atoms with van der Waals surface area (Å²) < 4.78 is 4.80. The molecule has 1 amide bonds. The van der Waals surface area contributed by atoms with Crippen LogP contribution >= 0.6 is 0 Å². The average molecular weight is 237 g/mol. The van der Waals surface area contributed by atoms with Crippen LogP contribution in [-0.4, -0.2) is 30.0 Å². The van der Waals surface area contributed by atoms with E-state index < -0.39 is 12.2 Å². The number of aliphatic hydroxyl groups excluding tert-OH is 1. The van der Waals surface area contributed by atoms with Crippen molar-refractivity contribution in [1.29, 1.82) is 0 Å². The smallest absolute Gasteiger partial charge is 0.407 e. The van der Waals surface area contributed by atoms with Gasteiger partial charge in [-0.1, -0.05) is 30.3 Å². The lowest BCUT2D eigenvalue weighted by Crippen LogP contribution is -2.43. The summed E-state index contributed by atoms with van der Waals surface area (Å²) in [5, 5.41) is 12.3. The Morgan fingerprint density at radius 1 is 1.41 bits per heavy atom. The second kappa shape index (κ2) is 6.91. The molecule has 0 saturated carbocycles. The minimum absolute atomic E-state index is 0.323. The first-order valence-electron chi connectivity index (χ1n) is 5.78. The van der Waals surface area contributed by atoms with Crippen LogP contribution < -0.4 is 5.32 Å². The monoisotopic (exact) mass is 237 g/mol. The van der Waals surface area contributed by atoms with Gasteiger partial charge >= 0.3 is 6.09 Å². The third-order valence-corrected chi connectivity index (χ3v) is 2.46. The maximum absolute atomic E-state index is 11.3. The number of carbonyl (C=O) groups is 1. The Hall–Kier alpha value is -1.55. The van der Waals surface area contributed by atoms with Crippen molar-refractivity contribution >= 4 is 6.09 Å². The molecule has 0 aliphatic rings. The fourth-order valence-electron chi connectivity index (χ4n) is 1.53. The molecule has 1 aromatic carbocycles. The van der Waals surface area contributed by atoms with Gasteiger partial charge < -0.3 is 15.2 Å². The van der Waals surface area contributed by atoms with E-state index in [0.717, 1.165) is 5.56 Å². The van der Waals surface area contributed by atoms with Gasteiger partial charge in [0.2, 0.25) is 0 Å². The highest BCUT2D eigenvalue weighted by Gasteiger charge is 2.18. The predicted octanol–water partition coefficient (Wildman–Crippen LogP) is 1.72. The summed E-state index contributed by atoms with van der Waals surface area (Å²) in [6, 6.07) is 9.37. The Morgan fingerprint density at radius 2 is 2.06 bits per heavy atom. The quantitative estimate of drug-likeness (QED) is 0.820. The van der Waals surface area contributed by atoms with E-state index in [1.165, 1.54) is 0 Å². The number of alkyl carbamates (subject to hydrolysis) is 1. The molecule has 0 saturated heterocycles. The molecule has 1 aromatic rings. The summed E-state index contributed by atoms with van der Waals surface area (Å²) in [6.45, 7) is 3.72. The molecule has 2 unspecified atom stereocenters. The van der Waals surface area contributed by atoms with Crippen molar-refractivity contribution in [2.24, 2.45) is 0 Å². The van der Waals surface area contributed by atoms with Gasteiger partial charge in [-0.15, -0.1) is 0 Å². The number of nitrogens with one attached hydrogen (secondary N) is 1. The molecule has 4 nitrogen and oxygen atoms in total. The molecule has 0 heterocycles. The van der Waals surface area contributed by atoms with Gasteiger partial charge in [0.05, 0.1) is 18.8 Å². The largest absolute Gasteiger partial charge is 0.450 e. The molecule has 0 radical (unpaired) electrons. The SMILES string of the molecule is CCOC(=O)NC(Cc1ccccc1)C(C)O. The topological polar surface area (TPSA) is 58.6 Å². The molecule has 2 N–H and O–H groups in total. The Kier molecular flexibility index (Phi) is 5.49. The normalized spacial score (nSPS) is 13.8. The highest BCUT2D eigenvalue weighted by Crippen LogP contribution is 2.06. The zero-order valence-electron chi connectivity index (χ0n) is 10.2. The molecule has 0 spiro atoms. The third kappa shape index (κ3) is 4.87. The van der Waals surface area contributed by atoms with Gasteiger partial charge in [-0.25, -0.2) is 4.79 Å². The lowest BCUT2D eigenvalue weighted by Gasteiger charge is -2.21. The zero-order valence-corrected chi connectivity index (χ0v) is 10.2. The molecule has 0 bridgehead atoms. The standard InChI is InChI=1S/C13H19NO3/c1-3-17-13(16)14-12(10(2)15)9-11-7-5-4-6-8-11/h4-8,10,12,15H,3,9H2,1-2H3,(H,14,16). The summed E-state index contributed by atoms with van der Waals surface area (Å²) >= 11 is 0. The van der Waals surface area contributed by atoms with Crippen LogP contribution in [0.4, 0.5) is 4.79 Å². The van der Waals surface area contributed by atoms with Gasteiger partial charge in [-0.05, 0) is 25.8 Å². The lowest BCUT2D eigenvalue weighted by atomic mass is 10.0. The van der Waals surface area contributed by atoms with Crippen molar-refractivity contribution in [2.75, 3.05) is 6.61 Å². The second-order valence-corrected chi connectivity index (χ2v) is 3.90. The van der Waals surface area contributed by atoms with E-state index in [1.807, 2.05) is 30.3 Å². The molecular formula is C13H19NO3. The average Bonchev–Trinajstić information content (AvgIpc) is 2.29. The number of carbonyl (C=O) groups excluding carboxylic acids is 1. The van der Waals surface area contributed by atoms with Crippen molar-refractivity contribution < 1.29 is 14.6 Å². The number of hydrogen-bond acceptors (Lipinski definition) is 3. The van der Waals surface area contributed by atoms with Crippen LogP contribution in [0.15, 0.2) is 30.3 Å². The minimum atomic E-state index is -0.625. The molecule has 0 fully saturated rings. The molecule has 4 heteroatoms. The van der Waals surface area contributed by atoms with E-state index >= 15 is 0 Å². The molecule has 0 aliphatic heterocycles. The van der Waals surface area contributed by atoms with Crippen molar-refractivity contribution in [3.63, 3.8) is 0 Å². The van der Waals surface area contributed by atoms with Gasteiger partial charge in [0.1, 0.15) is 0 Å². The van der Waals surface area contributed by atoms with Crippen molar-refractivity contribution in [3.8, 4) is 0 Å². The molecule has 17 heavy (non-hydrogen) atoms. The van der Waals surface area contributed by atoms with Crippen LogP contribution in [0, 0.1) is 0 Å². The third-order valence-electron chi connectivity index (χ3n) is 2.46. The fraction of sp³-hybridized carbons (Fsp3) is 0.462. The second-order valence-electron chi connectivity index (χ2n) is 3.90. The molecule has 94 valence electrons. The van der Waals surface area contributed by atoms with Crippen LogP contribution in [0.5, 0.6) is 0 Å². The summed E-state index contributed by atoms with van der Waals surface area (Å²) in [4.78, 5) is 11.3. The summed E-state index contributed by atoms with van der Waals surface area (Å²) in [6.07, 6.45) is -0.536. The lowest BCUT2D eigenvalue weighted by molar-refractivity contribution is 0.116. The van der Waals surface area contributed by atoms with Crippen LogP contribution in [-0.2, 0) is 11.2 Å². The minimum Gasteiger partial charge on any atom is -0.450 e. The fourth-order valence-corrected chi connectivity index (χ4v) is 1.53. The number of ether oxygens (including phenoxy) is 1. The number of rotatable bonds is 5. The number of aliphatic hydroxyl groups is 1. The molecule has 0 aliphatic carbocycles. The van der Waals surface area contributed by atoms with Gasteiger partial charge in [-0.2, -0.15) is 0 Å². The molecule has 0 aromatic heterocycles. The van der Waals surface area contributed by atoms with Crippen LogP contribution in [0.3, 0.4) is 0 Å². The maximum atomic E-state index is 11.3. The highest BCUT2D eigenvalue weighted by atomic mass is 16.5. The number of hydrogen-bond donors (Lipinski definition) is 2. The van der Waals surface area contributed by atoms with Crippen LogP contribution in [0.2, 0.25) is 0 Å². The van der Waals surface area contributed by atoms with E-state index in [1.54, 1.807) is 13.8 Å². The van der Waals surface area contributed by atoms with Crippen molar-refractivity contribution in [1.82, 2.24) is 5.32 Å². The van der Waals surface area contributed by atoms with Gasteiger partial charge in [0, 0.05) is 0 Å². The van der Waals surface area contributed by atoms with Gasteiger partial charge in [0.25, 0.3) is 0 Å². The number of benzene rings is 1. The summed E-state index contributed by atoms with van der Waals surface area (Å²) in [7, 11) is 0. The summed E-state index contributed by atoms with van der Waals surface area (Å²) in [5.41, 5.74) is 1.06. The van der Waals surface area contributed by atoms with Gasteiger partial charge in [-0.3, -0.25) is 0 Å². The summed E-state index contributed by atoms with van der Waals surface area (Å²) in [5.74, 6) is 0. The zero-order chi connectivity index (χ0) is 12.7. The first kappa shape index (κ1) is 13.5. The molecule has 2 atom stereocenters. The van der Waals surface area contributed by atoms with E-state index in [4.69, 9.17) is 4.74 Å². The Morgan fingerprint density at radius 3 is 2.59 bits per heavy atom. The van der Waals surface area contributed by atoms with Crippen molar-refractivity contribution in [2.45, 2.75) is 32.4 Å². The van der Waals surface area contributed by atoms with E-state index in [-0.39, 0.29) is 6.04 Å². The molecular weight excluding hydrogens is 218 g/mol. The maximum Gasteiger partial charge on any atom is 0.407 e. The Labute approximate surface area is 102 Å².